The second-order valence-corrected chi connectivity index (χ2v) is 25.2. The van der Waals surface area contributed by atoms with Crippen molar-refractivity contribution in [3.05, 3.63) is 385 Å². The fraction of sp³-hybridized carbons (Fsp3) is 0.0968. The lowest BCUT2D eigenvalue weighted by Crippen LogP contribution is -2.31. The van der Waals surface area contributed by atoms with E-state index in [4.69, 9.17) is 0 Å². The van der Waals surface area contributed by atoms with Crippen LogP contribution in [-0.2, 0) is 18.3 Å². The predicted molar refractivity (Wildman–Crippen MR) is 410 cm³/mol. The molecule has 95 heavy (non-hydrogen) atoms. The van der Waals surface area contributed by atoms with E-state index in [2.05, 4.69) is 366 Å². The molecule has 0 N–H and O–H groups in total. The SMILES string of the molecule is C=CC.C=CC.Cc1ccc2c(c1)C(Cc1ccccc1)(Cc1ccccc1)c1cc(-c3ccc(N(c4ccccc4)c4ccc(-c5ccc(N(c6ccccc6)c6ccc(-c7cc(C)c(-c8c(C)cc(C)c9ccccc89)c8ccccc78)cc6)cc5)cc4)cc3)ccc1-2. The van der Waals surface area contributed by atoms with E-state index >= 15 is 0 Å². The maximum absolute atomic E-state index is 3.36. The van der Waals surface area contributed by atoms with Gasteiger partial charge >= 0.3 is 0 Å². The maximum Gasteiger partial charge on any atom is 0.0462 e. The highest BCUT2D eigenvalue weighted by Crippen LogP contribution is 2.54. The standard InChI is InChI=1S/C87H68N2.2C3H6/c1-59-33-51-78-79-52-42-69(56-84(79)87(83(78)53-59,57-63-21-9-5-10-22-63)58-64-23-11-6-12-24-64)67-38-47-74(48-39-67)88(70-25-13-7-14-26-70)72-43-34-65(35-44-72)66-36-45-73(46-37-66)89(71-27-15-8-16-28-71)75-49-40-68(41-50-75)82-55-62(4)86(81-32-20-18-30-77(81)82)85-61(3)54-60(2)76-29-17-19-31-80(76)85;2*1-3-2/h5-56H,57-58H2,1-4H3;2*3H,1H2,2H3. The second-order valence-electron chi connectivity index (χ2n) is 25.2. The van der Waals surface area contributed by atoms with Crippen molar-refractivity contribution in [1.29, 1.82) is 0 Å². The lowest BCUT2D eigenvalue weighted by atomic mass is 9.69. The average Bonchev–Trinajstić information content (AvgIpc) is 1.62. The van der Waals surface area contributed by atoms with Gasteiger partial charge in [0, 0.05) is 39.5 Å². The molecular formula is C93H80N2. The van der Waals surface area contributed by atoms with E-state index in [1.54, 1.807) is 12.2 Å². The van der Waals surface area contributed by atoms with Gasteiger partial charge in [-0.05, 0) is 249 Å². The number of hydrogen-bond acceptors (Lipinski definition) is 2. The summed E-state index contributed by atoms with van der Waals surface area (Å²) in [6, 6.07) is 117. The van der Waals surface area contributed by atoms with Crippen LogP contribution in [0.3, 0.4) is 0 Å². The molecule has 2 heteroatoms. The minimum Gasteiger partial charge on any atom is -0.311 e. The van der Waals surface area contributed by atoms with Crippen LogP contribution in [0.4, 0.5) is 34.1 Å². The van der Waals surface area contributed by atoms with Gasteiger partial charge in [-0.1, -0.05) is 254 Å². The zero-order valence-corrected chi connectivity index (χ0v) is 55.4. The zero-order chi connectivity index (χ0) is 65.4. The Balaban J connectivity index is 0.00000132. The van der Waals surface area contributed by atoms with E-state index in [1.807, 2.05) is 13.8 Å². The van der Waals surface area contributed by atoms with Crippen LogP contribution in [0.5, 0.6) is 0 Å². The number of hydrogen-bond donors (Lipinski definition) is 0. The molecular weight excluding hydrogens is 1150 g/mol. The number of allylic oxidation sites excluding steroid dienone is 2. The first-order chi connectivity index (χ1) is 46.6. The summed E-state index contributed by atoms with van der Waals surface area (Å²) in [7, 11) is 0. The molecule has 15 rings (SSSR count). The molecule has 0 saturated heterocycles. The molecule has 0 spiro atoms. The monoisotopic (exact) mass is 1220 g/mol. The quantitative estimate of drug-likeness (QED) is 0.100. The van der Waals surface area contributed by atoms with Gasteiger partial charge in [-0.15, -0.1) is 13.2 Å². The zero-order valence-electron chi connectivity index (χ0n) is 55.4. The average molecular weight is 1230 g/mol. The van der Waals surface area contributed by atoms with Gasteiger partial charge in [-0.3, -0.25) is 0 Å². The number of rotatable bonds is 14. The van der Waals surface area contributed by atoms with E-state index < -0.39 is 0 Å². The van der Waals surface area contributed by atoms with E-state index in [0.29, 0.717) is 0 Å². The molecule has 0 amide bonds. The van der Waals surface area contributed by atoms with Crippen LogP contribution in [0.25, 0.3) is 77.2 Å². The minimum absolute atomic E-state index is 0.242. The molecule has 0 radical (unpaired) electrons. The normalized spacial score (nSPS) is 11.7. The third kappa shape index (κ3) is 12.6. The van der Waals surface area contributed by atoms with Crippen LogP contribution >= 0.6 is 0 Å². The maximum atomic E-state index is 3.36. The molecule has 14 aromatic carbocycles. The first kappa shape index (κ1) is 62.5. The fourth-order valence-electron chi connectivity index (χ4n) is 14.5. The summed E-state index contributed by atoms with van der Waals surface area (Å²) < 4.78 is 0. The molecule has 0 aliphatic heterocycles. The van der Waals surface area contributed by atoms with Crippen molar-refractivity contribution in [1.82, 2.24) is 0 Å². The number of fused-ring (bicyclic) bond motifs is 5. The highest BCUT2D eigenvalue weighted by atomic mass is 15.1. The van der Waals surface area contributed by atoms with Gasteiger partial charge < -0.3 is 9.80 Å². The molecule has 0 aromatic heterocycles. The van der Waals surface area contributed by atoms with Crippen molar-refractivity contribution in [2.24, 2.45) is 0 Å². The summed E-state index contributed by atoms with van der Waals surface area (Å²) in [5, 5.41) is 5.15. The molecule has 462 valence electrons. The Hall–Kier alpha value is -11.3. The van der Waals surface area contributed by atoms with Crippen molar-refractivity contribution in [3.8, 4) is 55.6 Å². The van der Waals surface area contributed by atoms with Crippen LogP contribution in [0, 0.1) is 27.7 Å². The van der Waals surface area contributed by atoms with E-state index in [1.165, 1.54) is 111 Å². The van der Waals surface area contributed by atoms with Crippen LogP contribution in [-0.4, -0.2) is 0 Å². The number of benzene rings is 14. The van der Waals surface area contributed by atoms with Gasteiger partial charge in [0.05, 0.1) is 0 Å². The Labute approximate surface area is 562 Å². The number of nitrogens with zero attached hydrogens (tertiary/aromatic N) is 2. The smallest absolute Gasteiger partial charge is 0.0462 e. The van der Waals surface area contributed by atoms with Crippen molar-refractivity contribution < 1.29 is 0 Å². The fourth-order valence-corrected chi connectivity index (χ4v) is 14.5. The molecule has 0 saturated carbocycles. The molecule has 0 heterocycles. The first-order valence-electron chi connectivity index (χ1n) is 33.2. The summed E-state index contributed by atoms with van der Waals surface area (Å²) in [6.45, 7) is 19.5. The largest absolute Gasteiger partial charge is 0.311 e. The van der Waals surface area contributed by atoms with Gasteiger partial charge in [-0.25, -0.2) is 0 Å². The van der Waals surface area contributed by atoms with E-state index in [-0.39, 0.29) is 5.41 Å². The summed E-state index contributed by atoms with van der Waals surface area (Å²) in [4.78, 5) is 4.71. The minimum atomic E-state index is -0.242. The Morgan fingerprint density at radius 1 is 0.284 bits per heavy atom. The molecule has 14 aromatic rings. The van der Waals surface area contributed by atoms with Crippen molar-refractivity contribution in [2.75, 3.05) is 9.80 Å². The third-order valence-electron chi connectivity index (χ3n) is 18.7. The predicted octanol–water partition coefficient (Wildman–Crippen LogP) is 26.0. The first-order valence-corrected chi connectivity index (χ1v) is 33.2. The Bertz CT molecular complexity index is 4940. The highest BCUT2D eigenvalue weighted by molar-refractivity contribution is 6.12. The summed E-state index contributed by atoms with van der Waals surface area (Å²) in [5.74, 6) is 0. The van der Waals surface area contributed by atoms with Gasteiger partial charge in [0.15, 0.2) is 0 Å². The molecule has 2 nitrogen and oxygen atoms in total. The van der Waals surface area contributed by atoms with Crippen LogP contribution in [0.2, 0.25) is 0 Å². The van der Waals surface area contributed by atoms with Gasteiger partial charge in [0.1, 0.15) is 0 Å². The van der Waals surface area contributed by atoms with E-state index in [9.17, 15) is 0 Å². The number of anilines is 6. The Morgan fingerprint density at radius 2 is 0.611 bits per heavy atom. The van der Waals surface area contributed by atoms with Crippen molar-refractivity contribution >= 4 is 55.7 Å². The Morgan fingerprint density at radius 3 is 1.06 bits per heavy atom. The summed E-state index contributed by atoms with van der Waals surface area (Å²) in [6.07, 6.45) is 5.33. The number of aryl methyl sites for hydroxylation is 4. The lowest BCUT2D eigenvalue weighted by molar-refractivity contribution is 0.520. The van der Waals surface area contributed by atoms with Gasteiger partial charge in [0.2, 0.25) is 0 Å². The lowest BCUT2D eigenvalue weighted by Gasteiger charge is -2.33. The molecule has 0 bridgehead atoms. The molecule has 0 fully saturated rings. The molecule has 1 aliphatic rings. The number of para-hydroxylation sites is 2. The van der Waals surface area contributed by atoms with Crippen molar-refractivity contribution in [3.63, 3.8) is 0 Å². The van der Waals surface area contributed by atoms with Gasteiger partial charge in [0.25, 0.3) is 0 Å². The van der Waals surface area contributed by atoms with E-state index in [0.717, 1.165) is 58.1 Å². The highest BCUT2D eigenvalue weighted by Gasteiger charge is 2.44. The summed E-state index contributed by atoms with van der Waals surface area (Å²) >= 11 is 0. The van der Waals surface area contributed by atoms with Crippen LogP contribution in [0.15, 0.2) is 341 Å². The van der Waals surface area contributed by atoms with Crippen LogP contribution in [0.1, 0.15) is 58.4 Å². The molecule has 0 atom stereocenters. The molecule has 0 unspecified atom stereocenters. The molecule has 1 aliphatic carbocycles. The summed E-state index contributed by atoms with van der Waals surface area (Å²) in [5.41, 5.74) is 29.5. The third-order valence-corrected chi connectivity index (χ3v) is 18.7. The van der Waals surface area contributed by atoms with Crippen LogP contribution < -0.4 is 9.80 Å². The van der Waals surface area contributed by atoms with Gasteiger partial charge in [-0.2, -0.15) is 0 Å². The van der Waals surface area contributed by atoms with Crippen molar-refractivity contribution in [2.45, 2.75) is 59.8 Å². The second kappa shape index (κ2) is 27.9. The Kier molecular flexibility index (Phi) is 18.3. The topological polar surface area (TPSA) is 6.48 Å².